The molecule has 0 atom stereocenters. The number of carbonyl (C=O) groups is 2. The maximum Gasteiger partial charge on any atom is 0.272 e. The van der Waals surface area contributed by atoms with E-state index in [-0.39, 0.29) is 5.91 Å². The second-order valence-corrected chi connectivity index (χ2v) is 5.36. The molecule has 0 saturated heterocycles. The fraction of sp³-hybridized carbons (Fsp3) is 0.333. The Balaban J connectivity index is 3.08. The van der Waals surface area contributed by atoms with Gasteiger partial charge in [0, 0.05) is 5.56 Å². The summed E-state index contributed by atoms with van der Waals surface area (Å²) in [5.41, 5.74) is 3.56. The van der Waals surface area contributed by atoms with Crippen molar-refractivity contribution in [3.05, 3.63) is 48.0 Å². The smallest absolute Gasteiger partial charge is 0.268 e. The Morgan fingerprint density at radius 2 is 1.95 bits per heavy atom. The van der Waals surface area contributed by atoms with Gasteiger partial charge in [0.15, 0.2) is 0 Å². The summed E-state index contributed by atoms with van der Waals surface area (Å²) in [5.74, 6) is -0.651. The Hall–Kier alpha value is -2.10. The van der Waals surface area contributed by atoms with Gasteiger partial charge in [-0.2, -0.15) is 0 Å². The van der Waals surface area contributed by atoms with Crippen molar-refractivity contribution in [2.45, 2.75) is 33.2 Å². The van der Waals surface area contributed by atoms with Gasteiger partial charge >= 0.3 is 0 Å². The first kappa shape index (κ1) is 15.0. The summed E-state index contributed by atoms with van der Waals surface area (Å²) in [6.45, 7) is 10.9. The molecule has 0 aliphatic heterocycles. The van der Waals surface area contributed by atoms with Crippen molar-refractivity contribution < 1.29 is 9.59 Å². The standard InChI is InChI=1S/C15H20N2O2/c1-6-13(18)16-17(15(3,4)5)14(19)12-9-7-8-11(2)10-12/h6-10H,1H2,2-5H3,(H,16,18). The van der Waals surface area contributed by atoms with Crippen LogP contribution in [0.2, 0.25) is 0 Å². The van der Waals surface area contributed by atoms with Crippen LogP contribution in [0.25, 0.3) is 0 Å². The van der Waals surface area contributed by atoms with E-state index in [1.165, 1.54) is 5.01 Å². The zero-order chi connectivity index (χ0) is 14.6. The van der Waals surface area contributed by atoms with Crippen LogP contribution in [0.15, 0.2) is 36.9 Å². The lowest BCUT2D eigenvalue weighted by Gasteiger charge is -2.35. The molecule has 4 nitrogen and oxygen atoms in total. The van der Waals surface area contributed by atoms with Crippen LogP contribution in [0.5, 0.6) is 0 Å². The summed E-state index contributed by atoms with van der Waals surface area (Å²) in [6, 6.07) is 7.26. The second-order valence-electron chi connectivity index (χ2n) is 5.36. The van der Waals surface area contributed by atoms with Gasteiger partial charge in [-0.15, -0.1) is 0 Å². The number of benzene rings is 1. The van der Waals surface area contributed by atoms with E-state index in [2.05, 4.69) is 12.0 Å². The van der Waals surface area contributed by atoms with E-state index in [0.717, 1.165) is 11.6 Å². The predicted molar refractivity (Wildman–Crippen MR) is 75.4 cm³/mol. The SMILES string of the molecule is C=CC(=O)NN(C(=O)c1cccc(C)c1)C(C)(C)C. The Morgan fingerprint density at radius 1 is 1.32 bits per heavy atom. The van der Waals surface area contributed by atoms with Crippen LogP contribution in [0, 0.1) is 6.92 Å². The van der Waals surface area contributed by atoms with Crippen LogP contribution < -0.4 is 5.43 Å². The number of rotatable bonds is 2. The summed E-state index contributed by atoms with van der Waals surface area (Å²) < 4.78 is 0. The molecule has 1 rings (SSSR count). The number of amides is 2. The molecular weight excluding hydrogens is 240 g/mol. The molecule has 0 saturated carbocycles. The minimum absolute atomic E-state index is 0.244. The van der Waals surface area contributed by atoms with Gasteiger partial charge in [-0.3, -0.25) is 15.0 Å². The van der Waals surface area contributed by atoms with Gasteiger partial charge in [-0.05, 0) is 45.9 Å². The highest BCUT2D eigenvalue weighted by atomic mass is 16.2. The zero-order valence-corrected chi connectivity index (χ0v) is 11.9. The van der Waals surface area contributed by atoms with Crippen molar-refractivity contribution in [1.29, 1.82) is 0 Å². The minimum Gasteiger partial charge on any atom is -0.268 e. The Kier molecular flexibility index (Phi) is 4.48. The van der Waals surface area contributed by atoms with E-state index in [0.29, 0.717) is 5.56 Å². The molecule has 102 valence electrons. The third-order valence-electron chi connectivity index (χ3n) is 2.55. The number of hydrazine groups is 1. The molecule has 1 aromatic rings. The Bertz CT molecular complexity index is 501. The number of carbonyl (C=O) groups excluding carboxylic acids is 2. The summed E-state index contributed by atoms with van der Waals surface area (Å²) in [4.78, 5) is 23.9. The molecule has 0 aliphatic rings. The number of nitrogens with zero attached hydrogens (tertiary/aromatic N) is 1. The third-order valence-corrected chi connectivity index (χ3v) is 2.55. The highest BCUT2D eigenvalue weighted by Gasteiger charge is 2.28. The topological polar surface area (TPSA) is 49.4 Å². The molecule has 0 unspecified atom stereocenters. The van der Waals surface area contributed by atoms with Crippen molar-refractivity contribution in [2.24, 2.45) is 0 Å². The fourth-order valence-electron chi connectivity index (χ4n) is 1.59. The van der Waals surface area contributed by atoms with E-state index in [1.54, 1.807) is 12.1 Å². The molecule has 2 amide bonds. The van der Waals surface area contributed by atoms with Crippen LogP contribution >= 0.6 is 0 Å². The molecule has 0 heterocycles. The summed E-state index contributed by atoms with van der Waals surface area (Å²) >= 11 is 0. The Morgan fingerprint density at radius 3 is 2.42 bits per heavy atom. The van der Waals surface area contributed by atoms with Crippen LogP contribution in [-0.4, -0.2) is 22.4 Å². The largest absolute Gasteiger partial charge is 0.272 e. The highest BCUT2D eigenvalue weighted by Crippen LogP contribution is 2.15. The number of aryl methyl sites for hydroxylation is 1. The lowest BCUT2D eigenvalue weighted by molar-refractivity contribution is -0.122. The van der Waals surface area contributed by atoms with E-state index in [4.69, 9.17) is 0 Å². The van der Waals surface area contributed by atoms with E-state index >= 15 is 0 Å². The first-order chi connectivity index (χ1) is 8.75. The molecule has 0 radical (unpaired) electrons. The lowest BCUT2D eigenvalue weighted by atomic mass is 10.1. The Labute approximate surface area is 114 Å². The molecule has 1 N–H and O–H groups in total. The van der Waals surface area contributed by atoms with Crippen molar-refractivity contribution in [3.63, 3.8) is 0 Å². The second kappa shape index (κ2) is 5.69. The number of hydrogen-bond donors (Lipinski definition) is 1. The average Bonchev–Trinajstić information content (AvgIpc) is 2.33. The molecular formula is C15H20N2O2. The van der Waals surface area contributed by atoms with Crippen molar-refractivity contribution in [2.75, 3.05) is 0 Å². The number of nitrogens with one attached hydrogen (secondary N) is 1. The fourth-order valence-corrected chi connectivity index (χ4v) is 1.59. The van der Waals surface area contributed by atoms with E-state index < -0.39 is 11.4 Å². The van der Waals surface area contributed by atoms with Crippen molar-refractivity contribution in [1.82, 2.24) is 10.4 Å². The van der Waals surface area contributed by atoms with Crippen molar-refractivity contribution >= 4 is 11.8 Å². The van der Waals surface area contributed by atoms with Gasteiger partial charge in [0.2, 0.25) is 0 Å². The van der Waals surface area contributed by atoms with Gasteiger partial charge < -0.3 is 0 Å². The normalized spacial score (nSPS) is 10.7. The van der Waals surface area contributed by atoms with Gasteiger partial charge in [0.1, 0.15) is 0 Å². The van der Waals surface area contributed by atoms with Crippen molar-refractivity contribution in [3.8, 4) is 0 Å². The molecule has 0 aliphatic carbocycles. The van der Waals surface area contributed by atoms with Gasteiger partial charge in [0.05, 0.1) is 5.54 Å². The lowest BCUT2D eigenvalue weighted by Crippen LogP contribution is -2.55. The maximum atomic E-state index is 12.5. The average molecular weight is 260 g/mol. The van der Waals surface area contributed by atoms with E-state index in [9.17, 15) is 9.59 Å². The molecule has 0 fully saturated rings. The summed E-state index contributed by atoms with van der Waals surface area (Å²) in [6.07, 6.45) is 1.14. The molecule has 1 aromatic carbocycles. The molecule has 19 heavy (non-hydrogen) atoms. The monoisotopic (exact) mass is 260 g/mol. The van der Waals surface area contributed by atoms with Gasteiger partial charge in [0.25, 0.3) is 11.8 Å². The first-order valence-corrected chi connectivity index (χ1v) is 6.10. The first-order valence-electron chi connectivity index (χ1n) is 6.10. The molecule has 0 bridgehead atoms. The summed E-state index contributed by atoms with van der Waals surface area (Å²) in [5, 5.41) is 1.33. The quantitative estimate of drug-likeness (QED) is 0.656. The molecule has 4 heteroatoms. The zero-order valence-electron chi connectivity index (χ0n) is 11.9. The summed E-state index contributed by atoms with van der Waals surface area (Å²) in [7, 11) is 0. The predicted octanol–water partition coefficient (Wildman–Crippen LogP) is 2.45. The van der Waals surface area contributed by atoms with Crippen LogP contribution in [0.4, 0.5) is 0 Å². The highest BCUT2D eigenvalue weighted by molar-refractivity contribution is 5.97. The van der Waals surface area contributed by atoms with Gasteiger partial charge in [-0.1, -0.05) is 24.3 Å². The molecule has 0 spiro atoms. The van der Waals surface area contributed by atoms with Crippen LogP contribution in [-0.2, 0) is 4.79 Å². The third kappa shape index (κ3) is 3.95. The van der Waals surface area contributed by atoms with E-state index in [1.807, 2.05) is 39.8 Å². The van der Waals surface area contributed by atoms with Crippen LogP contribution in [0.3, 0.4) is 0 Å². The van der Waals surface area contributed by atoms with Gasteiger partial charge in [-0.25, -0.2) is 5.01 Å². The number of hydrogen-bond acceptors (Lipinski definition) is 2. The molecule has 0 aromatic heterocycles. The van der Waals surface area contributed by atoms with Crippen LogP contribution in [0.1, 0.15) is 36.7 Å². The maximum absolute atomic E-state index is 12.5. The minimum atomic E-state index is -0.528.